The Bertz CT molecular complexity index is 590. The van der Waals surface area contributed by atoms with Crippen LogP contribution < -0.4 is 5.32 Å². The first-order valence-electron chi connectivity index (χ1n) is 5.69. The number of thiophene rings is 1. The van der Waals surface area contributed by atoms with Crippen LogP contribution in [-0.2, 0) is 11.3 Å². The SMILES string of the molecule is Cc1nncn1CCNC(=O)C=Cc1cc(Br)cs1. The molecule has 0 aliphatic rings. The standard InChI is InChI=1S/C12H13BrN4OS/c1-9-16-15-8-17(9)5-4-14-12(18)3-2-11-6-10(13)7-19-11/h2-3,6-8H,4-5H2,1H3,(H,14,18). The molecule has 2 rings (SSSR count). The molecule has 5 nitrogen and oxygen atoms in total. The molecule has 0 bridgehead atoms. The van der Waals surface area contributed by atoms with Gasteiger partial charge in [-0.05, 0) is 35.0 Å². The van der Waals surface area contributed by atoms with E-state index in [1.165, 1.54) is 6.08 Å². The molecular weight excluding hydrogens is 328 g/mol. The molecule has 0 aliphatic heterocycles. The van der Waals surface area contributed by atoms with E-state index in [1.807, 2.05) is 22.9 Å². The quantitative estimate of drug-likeness (QED) is 0.849. The van der Waals surface area contributed by atoms with Gasteiger partial charge >= 0.3 is 0 Å². The van der Waals surface area contributed by atoms with Gasteiger partial charge in [0.1, 0.15) is 12.2 Å². The van der Waals surface area contributed by atoms with Crippen LogP contribution in [0.4, 0.5) is 0 Å². The molecule has 1 N–H and O–H groups in total. The van der Waals surface area contributed by atoms with E-state index in [9.17, 15) is 4.79 Å². The molecular formula is C12H13BrN4OS. The van der Waals surface area contributed by atoms with E-state index in [-0.39, 0.29) is 5.91 Å². The molecule has 0 atom stereocenters. The Labute approximate surface area is 123 Å². The molecule has 100 valence electrons. The van der Waals surface area contributed by atoms with E-state index in [2.05, 4.69) is 31.4 Å². The predicted octanol–water partition coefficient (Wildman–Crippen LogP) is 2.24. The molecule has 0 unspecified atom stereocenters. The van der Waals surface area contributed by atoms with Gasteiger partial charge in [-0.2, -0.15) is 0 Å². The number of hydrogen-bond acceptors (Lipinski definition) is 4. The van der Waals surface area contributed by atoms with Crippen molar-refractivity contribution in [2.24, 2.45) is 0 Å². The highest BCUT2D eigenvalue weighted by Gasteiger charge is 1.99. The average Bonchev–Trinajstić information content (AvgIpc) is 2.96. The largest absolute Gasteiger partial charge is 0.351 e. The fraction of sp³-hybridized carbons (Fsp3) is 0.250. The Balaban J connectivity index is 1.76. The lowest BCUT2D eigenvalue weighted by Crippen LogP contribution is -2.25. The molecule has 0 aliphatic carbocycles. The average molecular weight is 341 g/mol. The summed E-state index contributed by atoms with van der Waals surface area (Å²) in [6.45, 7) is 3.10. The van der Waals surface area contributed by atoms with Gasteiger partial charge in [0.05, 0.1) is 0 Å². The lowest BCUT2D eigenvalue weighted by atomic mass is 10.4. The number of halogens is 1. The number of aryl methyl sites for hydroxylation is 1. The van der Waals surface area contributed by atoms with Gasteiger partial charge in [0.2, 0.25) is 5.91 Å². The van der Waals surface area contributed by atoms with E-state index in [0.29, 0.717) is 13.1 Å². The highest BCUT2D eigenvalue weighted by molar-refractivity contribution is 9.10. The lowest BCUT2D eigenvalue weighted by Gasteiger charge is -2.04. The van der Waals surface area contributed by atoms with E-state index in [1.54, 1.807) is 23.7 Å². The minimum atomic E-state index is -0.102. The molecule has 2 aromatic heterocycles. The molecule has 2 aromatic rings. The first kappa shape index (κ1) is 14.0. The van der Waals surface area contributed by atoms with Gasteiger partial charge in [-0.3, -0.25) is 4.79 Å². The third-order valence-corrected chi connectivity index (χ3v) is 4.11. The Morgan fingerprint density at radius 1 is 1.63 bits per heavy atom. The van der Waals surface area contributed by atoms with Crippen LogP contribution >= 0.6 is 27.3 Å². The zero-order valence-electron chi connectivity index (χ0n) is 10.3. The fourth-order valence-electron chi connectivity index (χ4n) is 1.46. The van der Waals surface area contributed by atoms with Crippen LogP contribution in [0.2, 0.25) is 0 Å². The van der Waals surface area contributed by atoms with E-state index in [4.69, 9.17) is 0 Å². The molecule has 19 heavy (non-hydrogen) atoms. The molecule has 0 saturated carbocycles. The van der Waals surface area contributed by atoms with Gasteiger partial charge in [-0.15, -0.1) is 21.5 Å². The van der Waals surface area contributed by atoms with Crippen LogP contribution in [0.15, 0.2) is 28.3 Å². The van der Waals surface area contributed by atoms with Crippen molar-refractivity contribution in [2.75, 3.05) is 6.54 Å². The Hall–Kier alpha value is -1.47. The van der Waals surface area contributed by atoms with Gasteiger partial charge in [-0.1, -0.05) is 0 Å². The molecule has 0 saturated heterocycles. The minimum Gasteiger partial charge on any atom is -0.351 e. The number of carbonyl (C=O) groups excluding carboxylic acids is 1. The highest BCUT2D eigenvalue weighted by atomic mass is 79.9. The number of nitrogens with one attached hydrogen (secondary N) is 1. The molecule has 2 heterocycles. The summed E-state index contributed by atoms with van der Waals surface area (Å²) in [4.78, 5) is 12.6. The second-order valence-electron chi connectivity index (χ2n) is 3.86. The van der Waals surface area contributed by atoms with Crippen molar-refractivity contribution in [3.63, 3.8) is 0 Å². The number of nitrogens with zero attached hydrogens (tertiary/aromatic N) is 3. The Morgan fingerprint density at radius 2 is 2.47 bits per heavy atom. The lowest BCUT2D eigenvalue weighted by molar-refractivity contribution is -0.116. The summed E-state index contributed by atoms with van der Waals surface area (Å²) in [6, 6.07) is 1.97. The highest BCUT2D eigenvalue weighted by Crippen LogP contribution is 2.20. The van der Waals surface area contributed by atoms with Crippen molar-refractivity contribution in [3.8, 4) is 0 Å². The van der Waals surface area contributed by atoms with Gasteiger partial charge in [0, 0.05) is 33.9 Å². The zero-order valence-corrected chi connectivity index (χ0v) is 12.7. The van der Waals surface area contributed by atoms with Gasteiger partial charge in [0.25, 0.3) is 0 Å². The molecule has 0 fully saturated rings. The monoisotopic (exact) mass is 340 g/mol. The smallest absolute Gasteiger partial charge is 0.244 e. The van der Waals surface area contributed by atoms with Crippen molar-refractivity contribution >= 4 is 39.2 Å². The third-order valence-electron chi connectivity index (χ3n) is 2.45. The van der Waals surface area contributed by atoms with Crippen LogP contribution in [0.3, 0.4) is 0 Å². The second kappa shape index (κ2) is 6.63. The van der Waals surface area contributed by atoms with E-state index in [0.717, 1.165) is 15.2 Å². The molecule has 0 aromatic carbocycles. The van der Waals surface area contributed by atoms with Gasteiger partial charge in [0.15, 0.2) is 0 Å². The number of amides is 1. The molecule has 1 amide bonds. The van der Waals surface area contributed by atoms with Crippen molar-refractivity contribution in [1.29, 1.82) is 0 Å². The molecule has 7 heteroatoms. The van der Waals surface area contributed by atoms with Crippen molar-refractivity contribution in [2.45, 2.75) is 13.5 Å². The normalized spacial score (nSPS) is 11.1. The van der Waals surface area contributed by atoms with Crippen LogP contribution in [0.5, 0.6) is 0 Å². The zero-order chi connectivity index (χ0) is 13.7. The minimum absolute atomic E-state index is 0.102. The maximum absolute atomic E-state index is 11.6. The summed E-state index contributed by atoms with van der Waals surface area (Å²) < 4.78 is 2.92. The summed E-state index contributed by atoms with van der Waals surface area (Å²) in [5, 5.41) is 12.5. The maximum Gasteiger partial charge on any atom is 0.244 e. The topological polar surface area (TPSA) is 59.8 Å². The third kappa shape index (κ3) is 4.29. The van der Waals surface area contributed by atoms with E-state index >= 15 is 0 Å². The summed E-state index contributed by atoms with van der Waals surface area (Å²) in [5.74, 6) is 0.739. The second-order valence-corrected chi connectivity index (χ2v) is 5.72. The summed E-state index contributed by atoms with van der Waals surface area (Å²) in [5.41, 5.74) is 0. The first-order chi connectivity index (χ1) is 9.15. The summed E-state index contributed by atoms with van der Waals surface area (Å²) >= 11 is 4.95. The summed E-state index contributed by atoms with van der Waals surface area (Å²) in [6.07, 6.45) is 4.99. The van der Waals surface area contributed by atoms with Crippen LogP contribution in [0.25, 0.3) is 6.08 Å². The number of rotatable bonds is 5. The van der Waals surface area contributed by atoms with Crippen molar-refractivity contribution in [3.05, 3.63) is 39.0 Å². The van der Waals surface area contributed by atoms with Crippen LogP contribution in [0.1, 0.15) is 10.7 Å². The Morgan fingerprint density at radius 3 is 3.11 bits per heavy atom. The number of carbonyl (C=O) groups is 1. The maximum atomic E-state index is 11.6. The Kier molecular flexibility index (Phi) is 4.86. The van der Waals surface area contributed by atoms with Gasteiger partial charge in [-0.25, -0.2) is 0 Å². The molecule has 0 radical (unpaired) electrons. The van der Waals surface area contributed by atoms with E-state index < -0.39 is 0 Å². The van der Waals surface area contributed by atoms with Gasteiger partial charge < -0.3 is 9.88 Å². The fourth-order valence-corrected chi connectivity index (χ4v) is 2.80. The van der Waals surface area contributed by atoms with Crippen LogP contribution in [-0.4, -0.2) is 27.2 Å². The van der Waals surface area contributed by atoms with Crippen molar-refractivity contribution in [1.82, 2.24) is 20.1 Å². The number of aromatic nitrogens is 3. The number of hydrogen-bond donors (Lipinski definition) is 1. The predicted molar refractivity (Wildman–Crippen MR) is 78.8 cm³/mol. The van der Waals surface area contributed by atoms with Crippen LogP contribution in [0, 0.1) is 6.92 Å². The summed E-state index contributed by atoms with van der Waals surface area (Å²) in [7, 11) is 0. The molecule has 0 spiro atoms. The first-order valence-corrected chi connectivity index (χ1v) is 7.37. The van der Waals surface area contributed by atoms with Crippen molar-refractivity contribution < 1.29 is 4.79 Å².